The lowest BCUT2D eigenvalue weighted by molar-refractivity contribution is 0.0303. The van der Waals surface area contributed by atoms with Gasteiger partial charge in [-0.2, -0.15) is 0 Å². The van der Waals surface area contributed by atoms with Crippen molar-refractivity contribution < 1.29 is 13.2 Å². The van der Waals surface area contributed by atoms with Gasteiger partial charge in [-0.05, 0) is 38.1 Å². The fourth-order valence-electron chi connectivity index (χ4n) is 2.61. The molecule has 0 amide bonds. The Balaban J connectivity index is 0.00000180. The normalized spacial score (nSPS) is 32.6. The van der Waals surface area contributed by atoms with E-state index in [1.54, 1.807) is 0 Å². The van der Waals surface area contributed by atoms with Crippen molar-refractivity contribution in [2.75, 3.05) is 25.4 Å². The number of nitrogens with one attached hydrogen (secondary N) is 2. The summed E-state index contributed by atoms with van der Waals surface area (Å²) in [5, 5.41) is 3.23. The molecule has 2 fully saturated rings. The van der Waals surface area contributed by atoms with Crippen molar-refractivity contribution >= 4 is 22.4 Å². The van der Waals surface area contributed by atoms with Gasteiger partial charge in [-0.15, -0.1) is 12.4 Å². The quantitative estimate of drug-likeness (QED) is 0.809. The molecule has 3 atom stereocenters. The van der Waals surface area contributed by atoms with Crippen molar-refractivity contribution in [3.8, 4) is 0 Å². The van der Waals surface area contributed by atoms with Gasteiger partial charge in [-0.1, -0.05) is 6.92 Å². The summed E-state index contributed by atoms with van der Waals surface area (Å²) in [5.74, 6) is 0.504. The van der Waals surface area contributed by atoms with Crippen LogP contribution >= 0.6 is 12.4 Å². The molecule has 0 aromatic heterocycles. The van der Waals surface area contributed by atoms with E-state index in [1.165, 1.54) is 0 Å². The molecule has 0 radical (unpaired) electrons. The lowest BCUT2D eigenvalue weighted by Crippen LogP contribution is -2.51. The van der Waals surface area contributed by atoms with Crippen LogP contribution in [0.5, 0.6) is 0 Å². The first-order valence-corrected chi connectivity index (χ1v) is 8.54. The molecule has 0 bridgehead atoms. The molecule has 0 spiro atoms. The topological polar surface area (TPSA) is 67.4 Å². The SMILES string of the molecule is CC1CCNCC1NS(=O)(=O)CC1CCCCO1.Cl. The average Bonchev–Trinajstić information content (AvgIpc) is 2.32. The molecule has 0 aromatic rings. The molecule has 7 heteroatoms. The molecule has 0 aliphatic carbocycles. The van der Waals surface area contributed by atoms with Gasteiger partial charge < -0.3 is 10.1 Å². The fraction of sp³-hybridized carbons (Fsp3) is 1.00. The van der Waals surface area contributed by atoms with Crippen molar-refractivity contribution in [2.24, 2.45) is 5.92 Å². The maximum atomic E-state index is 12.1. The second-order valence-corrected chi connectivity index (χ2v) is 7.26. The maximum Gasteiger partial charge on any atom is 0.214 e. The van der Waals surface area contributed by atoms with Crippen LogP contribution < -0.4 is 10.0 Å². The van der Waals surface area contributed by atoms with Crippen LogP contribution in [-0.2, 0) is 14.8 Å². The zero-order valence-corrected chi connectivity index (χ0v) is 13.1. The van der Waals surface area contributed by atoms with Gasteiger partial charge in [0.15, 0.2) is 0 Å². The first-order chi connectivity index (χ1) is 8.57. The summed E-state index contributed by atoms with van der Waals surface area (Å²) in [4.78, 5) is 0. The third-order valence-electron chi connectivity index (χ3n) is 3.84. The molecule has 0 saturated carbocycles. The molecule has 2 heterocycles. The molecule has 2 aliphatic heterocycles. The average molecular weight is 313 g/mol. The minimum Gasteiger partial charge on any atom is -0.377 e. The van der Waals surface area contributed by atoms with Crippen LogP contribution in [0.3, 0.4) is 0 Å². The van der Waals surface area contributed by atoms with Gasteiger partial charge in [0, 0.05) is 19.2 Å². The molecule has 2 N–H and O–H groups in total. The van der Waals surface area contributed by atoms with Crippen LogP contribution in [0.2, 0.25) is 0 Å². The van der Waals surface area contributed by atoms with Crippen LogP contribution in [0.1, 0.15) is 32.6 Å². The molecule has 114 valence electrons. The van der Waals surface area contributed by atoms with Gasteiger partial charge in [0.2, 0.25) is 10.0 Å². The predicted molar refractivity (Wildman–Crippen MR) is 78.2 cm³/mol. The summed E-state index contributed by atoms with van der Waals surface area (Å²) in [6.07, 6.45) is 3.88. The molecule has 5 nitrogen and oxygen atoms in total. The molecule has 2 saturated heterocycles. The molecule has 3 unspecified atom stereocenters. The van der Waals surface area contributed by atoms with Crippen LogP contribution in [0.4, 0.5) is 0 Å². The zero-order valence-electron chi connectivity index (χ0n) is 11.4. The van der Waals surface area contributed by atoms with Crippen molar-refractivity contribution in [2.45, 2.75) is 44.8 Å². The van der Waals surface area contributed by atoms with E-state index in [1.807, 2.05) is 0 Å². The van der Waals surface area contributed by atoms with Crippen molar-refractivity contribution in [1.82, 2.24) is 10.0 Å². The molecule has 0 aromatic carbocycles. The summed E-state index contributed by atoms with van der Waals surface area (Å²) in [5.41, 5.74) is 0. The Kier molecular flexibility index (Phi) is 7.04. The summed E-state index contributed by atoms with van der Waals surface area (Å²) in [7, 11) is -3.23. The number of sulfonamides is 1. The van der Waals surface area contributed by atoms with Gasteiger partial charge in [0.25, 0.3) is 0 Å². The largest absolute Gasteiger partial charge is 0.377 e. The van der Waals surface area contributed by atoms with Crippen LogP contribution in [0.15, 0.2) is 0 Å². The molecular weight excluding hydrogens is 288 g/mol. The van der Waals surface area contributed by atoms with Crippen LogP contribution in [-0.4, -0.2) is 46.0 Å². The Bertz CT molecular complexity index is 358. The predicted octanol–water partition coefficient (Wildman–Crippen LogP) is 0.895. The molecule has 2 rings (SSSR count). The summed E-state index contributed by atoms with van der Waals surface area (Å²) in [6.45, 7) is 4.50. The minimum atomic E-state index is -3.23. The van der Waals surface area contributed by atoms with Crippen molar-refractivity contribution in [3.05, 3.63) is 0 Å². The second-order valence-electron chi connectivity index (χ2n) is 5.46. The highest BCUT2D eigenvalue weighted by atomic mass is 35.5. The first kappa shape index (κ1) is 17.2. The standard InChI is InChI=1S/C12H24N2O3S.ClH/c1-10-5-6-13-8-12(10)14-18(15,16)9-11-4-2-3-7-17-11;/h10-14H,2-9H2,1H3;1H. The van der Waals surface area contributed by atoms with E-state index >= 15 is 0 Å². The number of halogens is 1. The van der Waals surface area contributed by atoms with Crippen LogP contribution in [0, 0.1) is 5.92 Å². The molecule has 19 heavy (non-hydrogen) atoms. The number of ether oxygens (including phenoxy) is 1. The highest BCUT2D eigenvalue weighted by molar-refractivity contribution is 7.89. The van der Waals surface area contributed by atoms with Gasteiger partial charge in [0.05, 0.1) is 11.9 Å². The van der Waals surface area contributed by atoms with Gasteiger partial charge in [0.1, 0.15) is 0 Å². The number of piperidine rings is 1. The van der Waals surface area contributed by atoms with Crippen molar-refractivity contribution in [1.29, 1.82) is 0 Å². The number of hydrogen-bond donors (Lipinski definition) is 2. The lowest BCUT2D eigenvalue weighted by Gasteiger charge is -2.31. The zero-order chi connectivity index (χ0) is 13.0. The van der Waals surface area contributed by atoms with E-state index in [2.05, 4.69) is 17.0 Å². The smallest absolute Gasteiger partial charge is 0.214 e. The first-order valence-electron chi connectivity index (χ1n) is 6.89. The number of hydrogen-bond acceptors (Lipinski definition) is 4. The summed E-state index contributed by atoms with van der Waals surface area (Å²) >= 11 is 0. The Morgan fingerprint density at radius 3 is 2.74 bits per heavy atom. The summed E-state index contributed by atoms with van der Waals surface area (Å²) < 4.78 is 32.5. The summed E-state index contributed by atoms with van der Waals surface area (Å²) in [6, 6.07) is 0.0207. The van der Waals surface area contributed by atoms with Crippen molar-refractivity contribution in [3.63, 3.8) is 0 Å². The van der Waals surface area contributed by atoms with E-state index < -0.39 is 10.0 Å². The van der Waals surface area contributed by atoms with Gasteiger partial charge >= 0.3 is 0 Å². The van der Waals surface area contributed by atoms with E-state index in [4.69, 9.17) is 4.74 Å². The second kappa shape index (κ2) is 7.78. The monoisotopic (exact) mass is 312 g/mol. The van der Waals surface area contributed by atoms with Gasteiger partial charge in [-0.3, -0.25) is 0 Å². The Morgan fingerprint density at radius 2 is 2.11 bits per heavy atom. The van der Waals surface area contributed by atoms with Crippen LogP contribution in [0.25, 0.3) is 0 Å². The third-order valence-corrected chi connectivity index (χ3v) is 5.31. The number of rotatable bonds is 4. The Labute approximate surface area is 122 Å². The highest BCUT2D eigenvalue weighted by Gasteiger charge is 2.28. The third kappa shape index (κ3) is 5.55. The lowest BCUT2D eigenvalue weighted by atomic mass is 9.96. The minimum absolute atomic E-state index is 0. The fourth-order valence-corrected chi connectivity index (χ4v) is 4.24. The molecular formula is C12H25ClN2O3S. The van der Waals surface area contributed by atoms with Gasteiger partial charge in [-0.25, -0.2) is 13.1 Å². The highest BCUT2D eigenvalue weighted by Crippen LogP contribution is 2.16. The Hall–Kier alpha value is 0.120. The van der Waals surface area contributed by atoms with E-state index in [-0.39, 0.29) is 30.3 Å². The maximum absolute atomic E-state index is 12.1. The van der Waals surface area contributed by atoms with E-state index in [0.717, 1.165) is 38.8 Å². The molecule has 2 aliphatic rings. The Morgan fingerprint density at radius 1 is 1.32 bits per heavy atom. The van der Waals surface area contributed by atoms with E-state index in [0.29, 0.717) is 12.5 Å². The van der Waals surface area contributed by atoms with E-state index in [9.17, 15) is 8.42 Å².